The average molecular weight is 356 g/mol. The van der Waals surface area contributed by atoms with Crippen LogP contribution in [0.4, 0.5) is 0 Å². The van der Waals surface area contributed by atoms with E-state index in [0.29, 0.717) is 4.16 Å². The monoisotopic (exact) mass is 354 g/mol. The number of benzene rings is 2. The molecular weight excluding hydrogens is 348 g/mol. The summed E-state index contributed by atoms with van der Waals surface area (Å²) in [6.07, 6.45) is 2.19. The van der Waals surface area contributed by atoms with Gasteiger partial charge in [-0.05, 0) is 34.5 Å². The quantitative estimate of drug-likeness (QED) is 0.570. The van der Waals surface area contributed by atoms with Crippen molar-refractivity contribution in [2.75, 3.05) is 0 Å². The maximum atomic E-state index is 3.64. The summed E-state index contributed by atoms with van der Waals surface area (Å²) < 4.78 is 1.53. The zero-order chi connectivity index (χ0) is 11.1. The predicted octanol–water partition coefficient (Wildman–Crippen LogP) is 5.40. The normalized spacial score (nSPS) is 19.4. The van der Waals surface area contributed by atoms with Gasteiger partial charge in [0.2, 0.25) is 0 Å². The lowest BCUT2D eigenvalue weighted by atomic mass is 10.1. The van der Waals surface area contributed by atoms with E-state index in [4.69, 9.17) is 0 Å². The zero-order valence-corrected chi connectivity index (χ0v) is 12.3. The molecule has 0 aliphatic carbocycles. The molecular formula is C13H8Br2S. The number of thioether (sulfide) groups is 1. The van der Waals surface area contributed by atoms with Crippen molar-refractivity contribution in [2.45, 2.75) is 9.05 Å². The highest BCUT2D eigenvalue weighted by molar-refractivity contribution is 9.15. The largest absolute Gasteiger partial charge is 0.105 e. The molecule has 3 rings (SSSR count). The highest BCUT2D eigenvalue weighted by atomic mass is 79.9. The summed E-state index contributed by atoms with van der Waals surface area (Å²) in [5.41, 5.74) is 1.30. The van der Waals surface area contributed by atoms with Crippen LogP contribution in [0.15, 0.2) is 45.8 Å². The van der Waals surface area contributed by atoms with E-state index in [9.17, 15) is 0 Å². The molecule has 1 unspecified atom stereocenters. The molecule has 0 aromatic heterocycles. The van der Waals surface area contributed by atoms with Crippen molar-refractivity contribution in [1.29, 1.82) is 0 Å². The van der Waals surface area contributed by atoms with Crippen LogP contribution in [-0.2, 0) is 0 Å². The van der Waals surface area contributed by atoms with Crippen molar-refractivity contribution in [3.63, 3.8) is 0 Å². The molecule has 1 aliphatic rings. The molecule has 0 saturated carbocycles. The minimum atomic E-state index is 0.334. The molecule has 2 aromatic carbocycles. The summed E-state index contributed by atoms with van der Waals surface area (Å²) in [6, 6.07) is 13.0. The number of halogens is 2. The fourth-order valence-electron chi connectivity index (χ4n) is 1.83. The Hall–Kier alpha value is -0.250. The Labute approximate surface area is 115 Å². The standard InChI is InChI=1S/C13H8Br2S/c14-11-6-10-5-8-3-1-2-4-9(8)7-12(10)16-13(11)15/h1-7,13H. The molecule has 0 N–H and O–H groups in total. The average Bonchev–Trinajstić information content (AvgIpc) is 2.28. The molecule has 1 aliphatic heterocycles. The summed E-state index contributed by atoms with van der Waals surface area (Å²) in [7, 11) is 0. The van der Waals surface area contributed by atoms with Gasteiger partial charge in [-0.25, -0.2) is 0 Å². The number of hydrogen-bond donors (Lipinski definition) is 0. The van der Waals surface area contributed by atoms with Gasteiger partial charge in [-0.2, -0.15) is 0 Å². The molecule has 1 heterocycles. The number of alkyl halides is 1. The van der Waals surface area contributed by atoms with Crippen LogP contribution in [0.5, 0.6) is 0 Å². The minimum absolute atomic E-state index is 0.334. The number of rotatable bonds is 0. The first-order valence-electron chi connectivity index (χ1n) is 4.95. The van der Waals surface area contributed by atoms with Crippen LogP contribution in [0.1, 0.15) is 5.56 Å². The van der Waals surface area contributed by atoms with Gasteiger partial charge in [-0.3, -0.25) is 0 Å². The van der Waals surface area contributed by atoms with Gasteiger partial charge in [0.05, 0.1) is 4.16 Å². The third kappa shape index (κ3) is 1.85. The second-order valence-electron chi connectivity index (χ2n) is 3.70. The molecule has 0 bridgehead atoms. The minimum Gasteiger partial charge on any atom is -0.105 e. The van der Waals surface area contributed by atoms with Crippen LogP contribution >= 0.6 is 43.6 Å². The smallest absolute Gasteiger partial charge is 0.0960 e. The lowest BCUT2D eigenvalue weighted by Crippen LogP contribution is -1.98. The molecule has 80 valence electrons. The zero-order valence-electron chi connectivity index (χ0n) is 8.28. The predicted molar refractivity (Wildman–Crippen MR) is 79.4 cm³/mol. The molecule has 16 heavy (non-hydrogen) atoms. The molecule has 0 radical (unpaired) electrons. The van der Waals surface area contributed by atoms with Gasteiger partial charge < -0.3 is 0 Å². The van der Waals surface area contributed by atoms with E-state index in [-0.39, 0.29) is 0 Å². The maximum Gasteiger partial charge on any atom is 0.0960 e. The van der Waals surface area contributed by atoms with E-state index in [1.165, 1.54) is 25.7 Å². The Kier molecular flexibility index (Phi) is 2.86. The highest BCUT2D eigenvalue weighted by Gasteiger charge is 2.18. The van der Waals surface area contributed by atoms with Crippen LogP contribution in [0.25, 0.3) is 16.8 Å². The second-order valence-corrected chi connectivity index (χ2v) is 7.28. The van der Waals surface area contributed by atoms with Gasteiger partial charge in [0.25, 0.3) is 0 Å². The van der Waals surface area contributed by atoms with Crippen LogP contribution < -0.4 is 0 Å². The van der Waals surface area contributed by atoms with Crippen LogP contribution in [0.3, 0.4) is 0 Å². The summed E-state index contributed by atoms with van der Waals surface area (Å²) in [6.45, 7) is 0. The second kappa shape index (κ2) is 4.21. The molecule has 0 amide bonds. The Morgan fingerprint density at radius 2 is 1.75 bits per heavy atom. The van der Waals surface area contributed by atoms with E-state index in [2.05, 4.69) is 74.3 Å². The van der Waals surface area contributed by atoms with E-state index in [1.807, 2.05) is 11.8 Å². The molecule has 3 heteroatoms. The Balaban J connectivity index is 2.26. The van der Waals surface area contributed by atoms with Gasteiger partial charge in [0.15, 0.2) is 0 Å². The highest BCUT2D eigenvalue weighted by Crippen LogP contribution is 2.43. The Morgan fingerprint density at radius 3 is 2.50 bits per heavy atom. The summed E-state index contributed by atoms with van der Waals surface area (Å²) in [4.78, 5) is 1.34. The molecule has 0 spiro atoms. The lowest BCUT2D eigenvalue weighted by molar-refractivity contribution is 1.42. The van der Waals surface area contributed by atoms with Crippen molar-refractivity contribution >= 4 is 60.5 Å². The first kappa shape index (κ1) is 10.9. The fraction of sp³-hybridized carbons (Fsp3) is 0.0769. The van der Waals surface area contributed by atoms with Gasteiger partial charge in [-0.15, -0.1) is 11.8 Å². The van der Waals surface area contributed by atoms with Crippen molar-refractivity contribution in [1.82, 2.24) is 0 Å². The van der Waals surface area contributed by atoms with E-state index in [1.54, 1.807) is 0 Å². The molecule has 2 aromatic rings. The van der Waals surface area contributed by atoms with Crippen molar-refractivity contribution in [3.8, 4) is 0 Å². The van der Waals surface area contributed by atoms with Crippen molar-refractivity contribution in [2.24, 2.45) is 0 Å². The topological polar surface area (TPSA) is 0 Å². The van der Waals surface area contributed by atoms with Crippen LogP contribution in [-0.4, -0.2) is 4.16 Å². The van der Waals surface area contributed by atoms with Gasteiger partial charge in [0.1, 0.15) is 0 Å². The summed E-state index contributed by atoms with van der Waals surface area (Å²) >= 11 is 9.05. The van der Waals surface area contributed by atoms with Crippen LogP contribution in [0.2, 0.25) is 0 Å². The Bertz CT molecular complexity index is 590. The first-order valence-corrected chi connectivity index (χ1v) is 7.53. The van der Waals surface area contributed by atoms with Gasteiger partial charge in [0, 0.05) is 9.38 Å². The van der Waals surface area contributed by atoms with E-state index in [0.717, 1.165) is 0 Å². The first-order chi connectivity index (χ1) is 7.74. The third-order valence-electron chi connectivity index (χ3n) is 2.62. The maximum absolute atomic E-state index is 3.64. The lowest BCUT2D eigenvalue weighted by Gasteiger charge is -2.18. The third-order valence-corrected chi connectivity index (χ3v) is 6.35. The number of hydrogen-bond acceptors (Lipinski definition) is 1. The number of fused-ring (bicyclic) bond motifs is 2. The molecule has 0 fully saturated rings. The van der Waals surface area contributed by atoms with Gasteiger partial charge >= 0.3 is 0 Å². The fourth-order valence-corrected chi connectivity index (χ4v) is 3.95. The summed E-state index contributed by atoms with van der Waals surface area (Å²) in [5.74, 6) is 0. The SMILES string of the molecule is BrC1=Cc2cc3ccccc3cc2SC1Br. The Morgan fingerprint density at radius 1 is 1.06 bits per heavy atom. The van der Waals surface area contributed by atoms with Gasteiger partial charge in [-0.1, -0.05) is 56.1 Å². The van der Waals surface area contributed by atoms with Crippen LogP contribution in [0, 0.1) is 0 Å². The van der Waals surface area contributed by atoms with E-state index >= 15 is 0 Å². The van der Waals surface area contributed by atoms with Crippen molar-refractivity contribution in [3.05, 3.63) is 46.4 Å². The molecule has 1 atom stereocenters. The molecule has 0 nitrogen and oxygen atoms in total. The van der Waals surface area contributed by atoms with Crippen molar-refractivity contribution < 1.29 is 0 Å². The van der Waals surface area contributed by atoms with E-state index < -0.39 is 0 Å². The molecule has 0 saturated heterocycles. The summed E-state index contributed by atoms with van der Waals surface area (Å²) in [5, 5.41) is 2.60.